The van der Waals surface area contributed by atoms with Gasteiger partial charge in [-0.2, -0.15) is 0 Å². The van der Waals surface area contributed by atoms with Crippen LogP contribution >= 0.6 is 0 Å². The van der Waals surface area contributed by atoms with Gasteiger partial charge >= 0.3 is 0 Å². The molecular formula is C28H32N2O5S. The topological polar surface area (TPSA) is 84.9 Å². The summed E-state index contributed by atoms with van der Waals surface area (Å²) >= 11 is 0. The smallest absolute Gasteiger partial charge is 0.264 e. The molecule has 36 heavy (non-hydrogen) atoms. The highest BCUT2D eigenvalue weighted by atomic mass is 32.2. The zero-order chi connectivity index (χ0) is 25.9. The molecule has 0 saturated carbocycles. The first kappa shape index (κ1) is 25.6. The summed E-state index contributed by atoms with van der Waals surface area (Å²) in [6, 6.07) is 17.8. The third-order valence-corrected chi connectivity index (χ3v) is 8.23. The Morgan fingerprint density at radius 3 is 2.44 bits per heavy atom. The lowest BCUT2D eigenvalue weighted by atomic mass is 10.0. The highest BCUT2D eigenvalue weighted by Gasteiger charge is 2.37. The van der Waals surface area contributed by atoms with Gasteiger partial charge in [0, 0.05) is 6.54 Å². The summed E-state index contributed by atoms with van der Waals surface area (Å²) in [5.74, 6) is 0.560. The highest BCUT2D eigenvalue weighted by Crippen LogP contribution is 2.38. The molecule has 0 aromatic heterocycles. The van der Waals surface area contributed by atoms with Crippen molar-refractivity contribution in [3.63, 3.8) is 0 Å². The minimum Gasteiger partial charge on any atom is -0.497 e. The van der Waals surface area contributed by atoms with E-state index in [0.29, 0.717) is 23.7 Å². The Morgan fingerprint density at radius 2 is 1.78 bits per heavy atom. The second-order valence-electron chi connectivity index (χ2n) is 8.82. The Hall–Kier alpha value is -3.52. The van der Waals surface area contributed by atoms with E-state index >= 15 is 0 Å². The number of carbonyl (C=O) groups excluding carboxylic acids is 1. The van der Waals surface area contributed by atoms with E-state index in [1.807, 2.05) is 13.0 Å². The van der Waals surface area contributed by atoms with E-state index in [1.165, 1.54) is 34.7 Å². The maximum Gasteiger partial charge on any atom is 0.264 e. The lowest BCUT2D eigenvalue weighted by Gasteiger charge is -2.35. The number of nitrogens with one attached hydrogen (secondary N) is 1. The van der Waals surface area contributed by atoms with Crippen LogP contribution in [0.2, 0.25) is 0 Å². The molecule has 4 rings (SSSR count). The van der Waals surface area contributed by atoms with Crippen LogP contribution in [0.5, 0.6) is 11.5 Å². The monoisotopic (exact) mass is 508 g/mol. The molecule has 1 atom stereocenters. The molecule has 1 heterocycles. The zero-order valence-corrected chi connectivity index (χ0v) is 21.9. The Morgan fingerprint density at radius 1 is 1.03 bits per heavy atom. The molecule has 3 aromatic rings. The number of fused-ring (bicyclic) bond motifs is 1. The molecule has 1 aliphatic heterocycles. The standard InChI is InChI=1S/C28H32N2O5S/c1-5-20-8-9-21(6-2)22(16-20)17-29-28(31)27-18-30(25-14-7-19(3)15-26(25)35-27)36(32,33)24-12-10-23(34-4)11-13-24/h7-16,27H,5-6,17-18H2,1-4H3,(H,29,31)/t27-/m1/s1. The SMILES string of the molecule is CCc1ccc(CC)c(CNC(=O)[C@H]2CN(S(=O)(=O)c3ccc(OC)cc3)c3ccc(C)cc3O2)c1. The fraction of sp³-hybridized carbons (Fsp3) is 0.321. The quantitative estimate of drug-likeness (QED) is 0.488. The first-order chi connectivity index (χ1) is 17.3. The number of amides is 1. The molecule has 0 unspecified atom stereocenters. The number of methoxy groups -OCH3 is 1. The predicted molar refractivity (Wildman–Crippen MR) is 140 cm³/mol. The van der Waals surface area contributed by atoms with Crippen molar-refractivity contribution in [1.29, 1.82) is 0 Å². The van der Waals surface area contributed by atoms with E-state index in [-0.39, 0.29) is 17.3 Å². The van der Waals surface area contributed by atoms with Gasteiger partial charge in [0.1, 0.15) is 11.5 Å². The molecule has 0 aliphatic carbocycles. The van der Waals surface area contributed by atoms with Gasteiger partial charge in [0.25, 0.3) is 15.9 Å². The van der Waals surface area contributed by atoms with E-state index in [4.69, 9.17) is 9.47 Å². The van der Waals surface area contributed by atoms with Gasteiger partial charge in [-0.1, -0.05) is 38.1 Å². The van der Waals surface area contributed by atoms with E-state index < -0.39 is 16.1 Å². The molecule has 0 saturated heterocycles. The second kappa shape index (κ2) is 10.6. The van der Waals surface area contributed by atoms with Crippen LogP contribution in [0.25, 0.3) is 0 Å². The number of rotatable bonds is 8. The van der Waals surface area contributed by atoms with Crippen LogP contribution in [0, 0.1) is 6.92 Å². The van der Waals surface area contributed by atoms with Crippen molar-refractivity contribution in [1.82, 2.24) is 5.32 Å². The van der Waals surface area contributed by atoms with Crippen molar-refractivity contribution < 1.29 is 22.7 Å². The van der Waals surface area contributed by atoms with Gasteiger partial charge in [-0.15, -0.1) is 0 Å². The Labute approximate surface area is 213 Å². The molecule has 7 nitrogen and oxygen atoms in total. The number of hydrogen-bond donors (Lipinski definition) is 1. The number of aryl methyl sites for hydroxylation is 3. The van der Waals surface area contributed by atoms with Gasteiger partial charge in [0.15, 0.2) is 6.10 Å². The fourth-order valence-electron chi connectivity index (χ4n) is 4.31. The van der Waals surface area contributed by atoms with Crippen molar-refractivity contribution >= 4 is 21.6 Å². The number of sulfonamides is 1. The van der Waals surface area contributed by atoms with Gasteiger partial charge in [-0.05, 0) is 78.4 Å². The van der Waals surface area contributed by atoms with Gasteiger partial charge < -0.3 is 14.8 Å². The molecule has 190 valence electrons. The number of hydrogen-bond acceptors (Lipinski definition) is 5. The van der Waals surface area contributed by atoms with Crippen LogP contribution in [0.3, 0.4) is 0 Å². The summed E-state index contributed by atoms with van der Waals surface area (Å²) < 4.78 is 39.7. The Balaban J connectivity index is 1.61. The summed E-state index contributed by atoms with van der Waals surface area (Å²) in [6.07, 6.45) is 0.771. The van der Waals surface area contributed by atoms with E-state index in [2.05, 4.69) is 37.4 Å². The molecule has 3 aromatic carbocycles. The molecule has 0 spiro atoms. The average Bonchev–Trinajstić information content (AvgIpc) is 2.90. The van der Waals surface area contributed by atoms with Gasteiger partial charge in [0.05, 0.1) is 24.2 Å². The van der Waals surface area contributed by atoms with E-state index in [9.17, 15) is 13.2 Å². The van der Waals surface area contributed by atoms with Crippen molar-refractivity contribution in [2.75, 3.05) is 18.0 Å². The van der Waals surface area contributed by atoms with E-state index in [1.54, 1.807) is 24.3 Å². The highest BCUT2D eigenvalue weighted by molar-refractivity contribution is 7.92. The predicted octanol–water partition coefficient (Wildman–Crippen LogP) is 4.40. The molecule has 1 aliphatic rings. The normalized spacial score (nSPS) is 15.1. The maximum atomic E-state index is 13.6. The van der Waals surface area contributed by atoms with Crippen LogP contribution in [-0.4, -0.2) is 34.1 Å². The summed E-state index contributed by atoms with van der Waals surface area (Å²) in [4.78, 5) is 13.3. The van der Waals surface area contributed by atoms with Gasteiger partial charge in [0.2, 0.25) is 0 Å². The summed E-state index contributed by atoms with van der Waals surface area (Å²) in [6.45, 7) is 6.28. The number of ether oxygens (including phenoxy) is 2. The number of carbonyl (C=O) groups is 1. The zero-order valence-electron chi connectivity index (χ0n) is 21.1. The van der Waals surface area contributed by atoms with Crippen LogP contribution < -0.4 is 19.1 Å². The van der Waals surface area contributed by atoms with Gasteiger partial charge in [-0.3, -0.25) is 9.10 Å². The summed E-state index contributed by atoms with van der Waals surface area (Å²) in [5, 5.41) is 2.97. The number of nitrogens with zero attached hydrogens (tertiary/aromatic N) is 1. The van der Waals surface area contributed by atoms with E-state index in [0.717, 1.165) is 24.0 Å². The first-order valence-electron chi connectivity index (χ1n) is 12.1. The third-order valence-electron chi connectivity index (χ3n) is 6.44. The van der Waals surface area contributed by atoms with Crippen LogP contribution in [0.15, 0.2) is 65.6 Å². The fourth-order valence-corrected chi connectivity index (χ4v) is 5.78. The molecular weight excluding hydrogens is 476 g/mol. The maximum absolute atomic E-state index is 13.6. The molecule has 0 radical (unpaired) electrons. The minimum atomic E-state index is -3.95. The van der Waals surface area contributed by atoms with Crippen molar-refractivity contribution in [2.45, 2.75) is 51.2 Å². The number of anilines is 1. The van der Waals surface area contributed by atoms with Crippen LogP contribution in [-0.2, 0) is 34.2 Å². The van der Waals surface area contributed by atoms with Gasteiger partial charge in [-0.25, -0.2) is 8.42 Å². The lowest BCUT2D eigenvalue weighted by molar-refractivity contribution is -0.127. The second-order valence-corrected chi connectivity index (χ2v) is 10.7. The molecule has 1 N–H and O–H groups in total. The third kappa shape index (κ3) is 5.18. The minimum absolute atomic E-state index is 0.111. The Bertz CT molecular complexity index is 1350. The lowest BCUT2D eigenvalue weighted by Crippen LogP contribution is -2.50. The summed E-state index contributed by atoms with van der Waals surface area (Å²) in [7, 11) is -2.43. The average molecular weight is 509 g/mol. The summed E-state index contributed by atoms with van der Waals surface area (Å²) in [5.41, 5.74) is 4.73. The van der Waals surface area contributed by atoms with Crippen LogP contribution in [0.4, 0.5) is 5.69 Å². The van der Waals surface area contributed by atoms with Crippen LogP contribution in [0.1, 0.15) is 36.1 Å². The Kier molecular flexibility index (Phi) is 7.54. The molecule has 1 amide bonds. The van der Waals surface area contributed by atoms with Crippen molar-refractivity contribution in [2.24, 2.45) is 0 Å². The number of benzene rings is 3. The van der Waals surface area contributed by atoms with Crippen molar-refractivity contribution in [3.8, 4) is 11.5 Å². The molecule has 8 heteroatoms. The first-order valence-corrected chi connectivity index (χ1v) is 13.5. The molecule has 0 fully saturated rings. The van der Waals surface area contributed by atoms with Crippen molar-refractivity contribution in [3.05, 3.63) is 82.9 Å². The largest absolute Gasteiger partial charge is 0.497 e. The molecule has 0 bridgehead atoms.